The van der Waals surface area contributed by atoms with Gasteiger partial charge in [0.1, 0.15) is 12.4 Å². The Kier molecular flexibility index (Phi) is 4.08. The first-order valence-electron chi connectivity index (χ1n) is 5.28. The maximum absolute atomic E-state index is 5.91. The summed E-state index contributed by atoms with van der Waals surface area (Å²) in [5, 5.41) is 0.731. The first-order valence-corrected chi connectivity index (χ1v) is 6.45. The highest BCUT2D eigenvalue weighted by Crippen LogP contribution is 2.26. The Morgan fingerprint density at radius 2 is 2.00 bits per heavy atom. The van der Waals surface area contributed by atoms with Crippen LogP contribution in [0.25, 0.3) is 0 Å². The van der Waals surface area contributed by atoms with Crippen LogP contribution in [-0.2, 0) is 6.61 Å². The average molecular weight is 312 g/mol. The number of hydrogen-bond donors (Lipinski definition) is 0. The summed E-state index contributed by atoms with van der Waals surface area (Å²) in [6.45, 7) is 2.56. The van der Waals surface area contributed by atoms with Crippen LogP contribution in [0.4, 0.5) is 0 Å². The molecule has 0 saturated heterocycles. The van der Waals surface area contributed by atoms with Gasteiger partial charge in [-0.25, -0.2) is 0 Å². The van der Waals surface area contributed by atoms with Crippen LogP contribution in [0, 0.1) is 6.92 Å². The van der Waals surface area contributed by atoms with Gasteiger partial charge in [-0.2, -0.15) is 0 Å². The molecule has 17 heavy (non-hydrogen) atoms. The number of aryl methyl sites for hydroxylation is 1. The molecule has 0 atom stereocenters. The number of ether oxygens (including phenoxy) is 1. The molecule has 2 aromatic carbocycles. The molecule has 0 bridgehead atoms. The molecule has 0 radical (unpaired) electrons. The van der Waals surface area contributed by atoms with E-state index in [9.17, 15) is 0 Å². The highest BCUT2D eigenvalue weighted by Gasteiger charge is 2.02. The maximum atomic E-state index is 5.91. The Morgan fingerprint density at radius 1 is 1.18 bits per heavy atom. The minimum Gasteiger partial charge on any atom is -0.488 e. The zero-order valence-electron chi connectivity index (χ0n) is 9.41. The molecule has 0 saturated carbocycles. The van der Waals surface area contributed by atoms with Gasteiger partial charge in [0.05, 0.1) is 4.47 Å². The topological polar surface area (TPSA) is 9.23 Å². The van der Waals surface area contributed by atoms with E-state index in [0.29, 0.717) is 6.61 Å². The van der Waals surface area contributed by atoms with Gasteiger partial charge in [0.15, 0.2) is 0 Å². The summed E-state index contributed by atoms with van der Waals surface area (Å²) in [6, 6.07) is 13.7. The Labute approximate surface area is 115 Å². The second kappa shape index (κ2) is 5.56. The molecule has 2 rings (SSSR count). The van der Waals surface area contributed by atoms with Crippen LogP contribution in [-0.4, -0.2) is 0 Å². The molecule has 2 aromatic rings. The Balaban J connectivity index is 2.07. The third-order valence-electron chi connectivity index (χ3n) is 2.37. The van der Waals surface area contributed by atoms with Gasteiger partial charge >= 0.3 is 0 Å². The summed E-state index contributed by atoms with van der Waals surface area (Å²) >= 11 is 9.40. The molecular formula is C14H12BrClO. The standard InChI is InChI=1S/C14H12BrClO/c1-10-5-6-14(13(15)7-10)17-9-11-3-2-4-12(16)8-11/h2-8H,9H2,1H3. The second-order valence-electron chi connectivity index (χ2n) is 3.85. The molecule has 0 N–H and O–H groups in total. The number of benzene rings is 2. The van der Waals surface area contributed by atoms with E-state index in [2.05, 4.69) is 15.9 Å². The molecule has 0 heterocycles. The fraction of sp³-hybridized carbons (Fsp3) is 0.143. The van der Waals surface area contributed by atoms with Crippen molar-refractivity contribution in [3.8, 4) is 5.75 Å². The molecule has 3 heteroatoms. The lowest BCUT2D eigenvalue weighted by molar-refractivity contribution is 0.304. The Bertz CT molecular complexity index is 525. The highest BCUT2D eigenvalue weighted by atomic mass is 79.9. The molecule has 0 aliphatic rings. The van der Waals surface area contributed by atoms with Crippen molar-refractivity contribution in [3.05, 3.63) is 63.1 Å². The van der Waals surface area contributed by atoms with Gasteiger partial charge in [0.25, 0.3) is 0 Å². The van der Waals surface area contributed by atoms with Gasteiger partial charge in [0, 0.05) is 5.02 Å². The first-order chi connectivity index (χ1) is 8.15. The van der Waals surface area contributed by atoms with E-state index < -0.39 is 0 Å². The van der Waals surface area contributed by atoms with Crippen LogP contribution in [0.3, 0.4) is 0 Å². The van der Waals surface area contributed by atoms with Crippen molar-refractivity contribution in [2.75, 3.05) is 0 Å². The fourth-order valence-corrected chi connectivity index (χ4v) is 2.33. The first kappa shape index (κ1) is 12.5. The summed E-state index contributed by atoms with van der Waals surface area (Å²) in [7, 11) is 0. The van der Waals surface area contributed by atoms with Crippen molar-refractivity contribution in [1.29, 1.82) is 0 Å². The van der Waals surface area contributed by atoms with E-state index in [1.54, 1.807) is 0 Å². The van der Waals surface area contributed by atoms with E-state index in [-0.39, 0.29) is 0 Å². The molecule has 0 fully saturated rings. The summed E-state index contributed by atoms with van der Waals surface area (Å²) in [6.07, 6.45) is 0. The fourth-order valence-electron chi connectivity index (χ4n) is 1.51. The van der Waals surface area contributed by atoms with Gasteiger partial charge in [-0.3, -0.25) is 0 Å². The van der Waals surface area contributed by atoms with Crippen molar-refractivity contribution in [3.63, 3.8) is 0 Å². The lowest BCUT2D eigenvalue weighted by atomic mass is 10.2. The Morgan fingerprint density at radius 3 is 2.71 bits per heavy atom. The minimum absolute atomic E-state index is 0.516. The molecule has 0 unspecified atom stereocenters. The minimum atomic E-state index is 0.516. The van der Waals surface area contributed by atoms with Crippen LogP contribution in [0.5, 0.6) is 5.75 Å². The average Bonchev–Trinajstić information content (AvgIpc) is 2.28. The Hall–Kier alpha value is -0.990. The van der Waals surface area contributed by atoms with E-state index in [4.69, 9.17) is 16.3 Å². The van der Waals surface area contributed by atoms with E-state index >= 15 is 0 Å². The van der Waals surface area contributed by atoms with Gasteiger partial charge < -0.3 is 4.74 Å². The second-order valence-corrected chi connectivity index (χ2v) is 5.14. The summed E-state index contributed by atoms with van der Waals surface area (Å²) < 4.78 is 6.70. The third kappa shape index (κ3) is 3.48. The molecule has 0 aromatic heterocycles. The van der Waals surface area contributed by atoms with Gasteiger partial charge in [-0.05, 0) is 58.2 Å². The molecule has 1 nitrogen and oxygen atoms in total. The van der Waals surface area contributed by atoms with Gasteiger partial charge in [-0.1, -0.05) is 29.8 Å². The molecular weight excluding hydrogens is 300 g/mol. The van der Waals surface area contributed by atoms with Crippen LogP contribution in [0.2, 0.25) is 5.02 Å². The van der Waals surface area contributed by atoms with Crippen molar-refractivity contribution < 1.29 is 4.74 Å². The van der Waals surface area contributed by atoms with Crippen molar-refractivity contribution in [1.82, 2.24) is 0 Å². The zero-order valence-corrected chi connectivity index (χ0v) is 11.8. The number of halogens is 2. The zero-order chi connectivity index (χ0) is 12.3. The van der Waals surface area contributed by atoms with Crippen LogP contribution >= 0.6 is 27.5 Å². The summed E-state index contributed by atoms with van der Waals surface area (Å²) in [5.74, 6) is 0.843. The summed E-state index contributed by atoms with van der Waals surface area (Å²) in [4.78, 5) is 0. The monoisotopic (exact) mass is 310 g/mol. The molecule has 0 amide bonds. The SMILES string of the molecule is Cc1ccc(OCc2cccc(Cl)c2)c(Br)c1. The smallest absolute Gasteiger partial charge is 0.134 e. The van der Waals surface area contributed by atoms with Gasteiger partial charge in [0.2, 0.25) is 0 Å². The quantitative estimate of drug-likeness (QED) is 0.776. The lowest BCUT2D eigenvalue weighted by Gasteiger charge is -2.09. The predicted octanol–water partition coefficient (Wildman–Crippen LogP) is 4.99. The van der Waals surface area contributed by atoms with E-state index in [1.807, 2.05) is 49.4 Å². The van der Waals surface area contributed by atoms with Crippen LogP contribution in [0.1, 0.15) is 11.1 Å². The maximum Gasteiger partial charge on any atom is 0.134 e. The number of hydrogen-bond acceptors (Lipinski definition) is 1. The predicted molar refractivity (Wildman–Crippen MR) is 74.7 cm³/mol. The van der Waals surface area contributed by atoms with Crippen molar-refractivity contribution in [2.45, 2.75) is 13.5 Å². The van der Waals surface area contributed by atoms with E-state index in [0.717, 1.165) is 20.8 Å². The highest BCUT2D eigenvalue weighted by molar-refractivity contribution is 9.10. The number of rotatable bonds is 3. The van der Waals surface area contributed by atoms with Crippen LogP contribution < -0.4 is 4.74 Å². The lowest BCUT2D eigenvalue weighted by Crippen LogP contribution is -1.96. The third-order valence-corrected chi connectivity index (χ3v) is 3.23. The molecule has 0 spiro atoms. The largest absolute Gasteiger partial charge is 0.488 e. The van der Waals surface area contributed by atoms with E-state index in [1.165, 1.54) is 5.56 Å². The molecule has 0 aliphatic carbocycles. The normalized spacial score (nSPS) is 10.3. The molecule has 88 valence electrons. The summed E-state index contributed by atoms with van der Waals surface area (Å²) in [5.41, 5.74) is 2.26. The van der Waals surface area contributed by atoms with Gasteiger partial charge in [-0.15, -0.1) is 0 Å². The molecule has 0 aliphatic heterocycles. The van der Waals surface area contributed by atoms with Crippen molar-refractivity contribution >= 4 is 27.5 Å². The van der Waals surface area contributed by atoms with Crippen molar-refractivity contribution in [2.24, 2.45) is 0 Å². The van der Waals surface area contributed by atoms with Crippen LogP contribution in [0.15, 0.2) is 46.9 Å².